The van der Waals surface area contributed by atoms with Gasteiger partial charge in [0.05, 0.1) is 17.5 Å². The Balaban J connectivity index is 1.62. The van der Waals surface area contributed by atoms with Gasteiger partial charge in [-0.3, -0.25) is 14.5 Å². The highest BCUT2D eigenvalue weighted by atomic mass is 16.5. The van der Waals surface area contributed by atoms with Crippen molar-refractivity contribution in [3.63, 3.8) is 0 Å². The second-order valence-corrected chi connectivity index (χ2v) is 8.60. The smallest absolute Gasteiger partial charge is 0.295 e. The van der Waals surface area contributed by atoms with Crippen LogP contribution in [0, 0.1) is 12.8 Å². The Morgan fingerprint density at radius 3 is 2.84 bits per heavy atom. The number of carbonyl (C=O) groups is 2. The van der Waals surface area contributed by atoms with Gasteiger partial charge in [0.25, 0.3) is 5.91 Å². The zero-order valence-electron chi connectivity index (χ0n) is 18.1. The monoisotopic (exact) mass is 430 g/mol. The van der Waals surface area contributed by atoms with Gasteiger partial charge in [0.15, 0.2) is 11.5 Å². The number of amides is 1. The summed E-state index contributed by atoms with van der Waals surface area (Å²) in [4.78, 5) is 33.4. The fourth-order valence-electron chi connectivity index (χ4n) is 4.93. The molecule has 1 fully saturated rings. The summed E-state index contributed by atoms with van der Waals surface area (Å²) in [6.07, 6.45) is 6.81. The third-order valence-electron chi connectivity index (χ3n) is 6.45. The fraction of sp³-hybridized carbons (Fsp3) is 0.346. The van der Waals surface area contributed by atoms with Crippen LogP contribution in [0.3, 0.4) is 0 Å². The number of ether oxygens (including phenoxy) is 2. The van der Waals surface area contributed by atoms with Crippen LogP contribution in [0.15, 0.2) is 66.6 Å². The Morgan fingerprint density at radius 1 is 1.22 bits per heavy atom. The highest BCUT2D eigenvalue weighted by molar-refractivity contribution is 6.17. The molecule has 32 heavy (non-hydrogen) atoms. The Kier molecular flexibility index (Phi) is 5.29. The van der Waals surface area contributed by atoms with Crippen molar-refractivity contribution < 1.29 is 19.1 Å². The van der Waals surface area contributed by atoms with E-state index < -0.39 is 6.04 Å². The van der Waals surface area contributed by atoms with Crippen molar-refractivity contribution in [1.29, 1.82) is 0 Å². The Labute approximate surface area is 187 Å². The molecule has 0 saturated heterocycles. The molecule has 1 aromatic carbocycles. The molecule has 6 heteroatoms. The molecule has 2 aliphatic heterocycles. The lowest BCUT2D eigenvalue weighted by Crippen LogP contribution is -2.39. The highest BCUT2D eigenvalue weighted by Gasteiger charge is 2.52. The number of anilines is 1. The van der Waals surface area contributed by atoms with Crippen molar-refractivity contribution in [2.45, 2.75) is 44.8 Å². The van der Waals surface area contributed by atoms with Gasteiger partial charge in [0.1, 0.15) is 24.3 Å². The molecule has 0 bridgehead atoms. The summed E-state index contributed by atoms with van der Waals surface area (Å²) in [5, 5.41) is 0. The molecule has 0 N–H and O–H groups in total. The van der Waals surface area contributed by atoms with E-state index in [2.05, 4.69) is 11.6 Å². The molecule has 3 aliphatic rings. The van der Waals surface area contributed by atoms with Crippen LogP contribution < -0.4 is 9.64 Å². The molecule has 1 saturated carbocycles. The van der Waals surface area contributed by atoms with E-state index >= 15 is 0 Å². The SMILES string of the molecule is C=CCOc1cccc(C2C3=C(OC4CCCCC4C3=O)C(=O)N2c2ccc(C)cn2)c1. The first-order valence-corrected chi connectivity index (χ1v) is 11.1. The third kappa shape index (κ3) is 3.40. The minimum Gasteiger partial charge on any atom is -0.490 e. The molecule has 2 aromatic rings. The summed E-state index contributed by atoms with van der Waals surface area (Å²) >= 11 is 0. The number of pyridine rings is 1. The maximum absolute atomic E-state index is 13.7. The van der Waals surface area contributed by atoms with Crippen LogP contribution >= 0.6 is 0 Å². The normalized spacial score (nSPS) is 24.7. The van der Waals surface area contributed by atoms with E-state index in [1.54, 1.807) is 17.2 Å². The largest absolute Gasteiger partial charge is 0.490 e. The van der Waals surface area contributed by atoms with Crippen molar-refractivity contribution in [3.8, 4) is 5.75 Å². The van der Waals surface area contributed by atoms with Crippen LogP contribution in [-0.4, -0.2) is 29.4 Å². The number of hydrogen-bond donors (Lipinski definition) is 0. The second-order valence-electron chi connectivity index (χ2n) is 8.60. The Bertz CT molecular complexity index is 1110. The van der Waals surface area contributed by atoms with Gasteiger partial charge < -0.3 is 9.47 Å². The minimum absolute atomic E-state index is 0.0290. The molecule has 1 amide bonds. The number of aromatic nitrogens is 1. The van der Waals surface area contributed by atoms with Crippen LogP contribution in [0.25, 0.3) is 0 Å². The van der Waals surface area contributed by atoms with E-state index in [1.165, 1.54) is 0 Å². The molecule has 6 nitrogen and oxygen atoms in total. The second kappa shape index (κ2) is 8.26. The number of aryl methyl sites for hydroxylation is 1. The van der Waals surface area contributed by atoms with E-state index in [0.29, 0.717) is 23.7 Å². The molecule has 1 aliphatic carbocycles. The number of carbonyl (C=O) groups excluding carboxylic acids is 2. The van der Waals surface area contributed by atoms with Gasteiger partial charge in [-0.2, -0.15) is 0 Å². The average Bonchev–Trinajstić information content (AvgIpc) is 3.11. The first kappa shape index (κ1) is 20.5. The van der Waals surface area contributed by atoms with Crippen molar-refractivity contribution >= 4 is 17.5 Å². The van der Waals surface area contributed by atoms with Crippen molar-refractivity contribution in [3.05, 3.63) is 77.7 Å². The van der Waals surface area contributed by atoms with Crippen molar-refractivity contribution in [2.75, 3.05) is 11.5 Å². The summed E-state index contributed by atoms with van der Waals surface area (Å²) in [6.45, 7) is 6.01. The first-order valence-electron chi connectivity index (χ1n) is 11.1. The third-order valence-corrected chi connectivity index (χ3v) is 6.45. The van der Waals surface area contributed by atoms with Gasteiger partial charge in [-0.25, -0.2) is 4.98 Å². The van der Waals surface area contributed by atoms with Gasteiger partial charge in [-0.1, -0.05) is 37.3 Å². The topological polar surface area (TPSA) is 68.7 Å². The summed E-state index contributed by atoms with van der Waals surface area (Å²) < 4.78 is 11.9. The Morgan fingerprint density at radius 2 is 2.06 bits per heavy atom. The maximum Gasteiger partial charge on any atom is 0.295 e. The molecule has 0 radical (unpaired) electrons. The summed E-state index contributed by atoms with van der Waals surface area (Å²) in [5.74, 6) is 0.863. The molecule has 3 atom stereocenters. The fourth-order valence-corrected chi connectivity index (χ4v) is 4.93. The summed E-state index contributed by atoms with van der Waals surface area (Å²) in [6, 6.07) is 10.6. The van der Waals surface area contributed by atoms with Gasteiger partial charge in [0, 0.05) is 6.20 Å². The van der Waals surface area contributed by atoms with Crippen LogP contribution in [0.2, 0.25) is 0 Å². The van der Waals surface area contributed by atoms with E-state index in [-0.39, 0.29) is 29.5 Å². The molecule has 3 heterocycles. The minimum atomic E-state index is -0.602. The number of hydrogen-bond acceptors (Lipinski definition) is 5. The Hall–Kier alpha value is -3.41. The lowest BCUT2D eigenvalue weighted by Gasteiger charge is -2.35. The molecule has 1 aromatic heterocycles. The van der Waals surface area contributed by atoms with Gasteiger partial charge in [0.2, 0.25) is 0 Å². The molecule has 0 spiro atoms. The van der Waals surface area contributed by atoms with Crippen LogP contribution in [0.5, 0.6) is 5.75 Å². The van der Waals surface area contributed by atoms with Crippen molar-refractivity contribution in [1.82, 2.24) is 4.98 Å². The molecule has 164 valence electrons. The van der Waals surface area contributed by atoms with Crippen molar-refractivity contribution in [2.24, 2.45) is 5.92 Å². The lowest BCUT2D eigenvalue weighted by atomic mass is 9.77. The van der Waals surface area contributed by atoms with E-state index in [0.717, 1.165) is 36.8 Å². The van der Waals surface area contributed by atoms with Gasteiger partial charge >= 0.3 is 0 Å². The molecule has 3 unspecified atom stereocenters. The predicted octanol–water partition coefficient (Wildman–Crippen LogP) is 4.45. The van der Waals surface area contributed by atoms with Gasteiger partial charge in [-0.05, 0) is 55.5 Å². The maximum atomic E-state index is 13.7. The highest BCUT2D eigenvalue weighted by Crippen LogP contribution is 2.48. The summed E-state index contributed by atoms with van der Waals surface area (Å²) in [5.41, 5.74) is 2.23. The number of fused-ring (bicyclic) bond motifs is 1. The standard InChI is InChI=1S/C26H26N2O4/c1-3-13-31-18-8-6-7-17(14-18)23-22-24(29)19-9-4-5-10-20(19)32-25(22)26(30)28(23)21-12-11-16(2)15-27-21/h3,6-8,11-12,14-15,19-20,23H,1,4-5,9-10,13H2,2H3. The zero-order valence-corrected chi connectivity index (χ0v) is 18.1. The number of nitrogens with zero attached hydrogens (tertiary/aromatic N) is 2. The molecular formula is C26H26N2O4. The average molecular weight is 431 g/mol. The first-order chi connectivity index (χ1) is 15.6. The van der Waals surface area contributed by atoms with E-state index in [1.807, 2.05) is 43.3 Å². The number of ketones is 1. The van der Waals surface area contributed by atoms with Crippen LogP contribution in [0.4, 0.5) is 5.82 Å². The van der Waals surface area contributed by atoms with E-state index in [9.17, 15) is 9.59 Å². The number of Topliss-reactive ketones (excluding diaryl/α,β-unsaturated/α-hetero) is 1. The number of rotatable bonds is 5. The van der Waals surface area contributed by atoms with Gasteiger partial charge in [-0.15, -0.1) is 0 Å². The van der Waals surface area contributed by atoms with Crippen LogP contribution in [-0.2, 0) is 14.3 Å². The van der Waals surface area contributed by atoms with E-state index in [4.69, 9.17) is 9.47 Å². The summed E-state index contributed by atoms with van der Waals surface area (Å²) in [7, 11) is 0. The molecule has 5 rings (SSSR count). The lowest BCUT2D eigenvalue weighted by molar-refractivity contribution is -0.131. The van der Waals surface area contributed by atoms with Crippen LogP contribution in [0.1, 0.15) is 42.9 Å². The quantitative estimate of drug-likeness (QED) is 0.656. The predicted molar refractivity (Wildman–Crippen MR) is 120 cm³/mol. The number of benzene rings is 1. The molecular weight excluding hydrogens is 404 g/mol. The zero-order chi connectivity index (χ0) is 22.2.